The minimum absolute atomic E-state index is 0.0603. The highest BCUT2D eigenvalue weighted by molar-refractivity contribution is 6.06. The predicted molar refractivity (Wildman–Crippen MR) is 88.7 cm³/mol. The van der Waals surface area contributed by atoms with Crippen LogP contribution in [0.25, 0.3) is 0 Å². The van der Waals surface area contributed by atoms with Gasteiger partial charge in [0.15, 0.2) is 0 Å². The molecule has 0 aromatic rings. The normalized spacial score (nSPS) is 22.3. The van der Waals surface area contributed by atoms with Crippen LogP contribution in [0, 0.1) is 5.41 Å². The lowest BCUT2D eigenvalue weighted by atomic mass is 9.71. The van der Waals surface area contributed by atoms with Gasteiger partial charge in [-0.1, -0.05) is 0 Å². The maximum Gasteiger partial charge on any atom is 0.328 e. The molecule has 8 heteroatoms. The van der Waals surface area contributed by atoms with E-state index in [9.17, 15) is 14.4 Å². The number of nitrogens with one attached hydrogen (secondary N) is 1. The van der Waals surface area contributed by atoms with Gasteiger partial charge in [-0.05, 0) is 47.6 Å². The highest BCUT2D eigenvalue weighted by Crippen LogP contribution is 2.38. The number of carbonyl (C=O) groups excluding carboxylic acids is 3. The van der Waals surface area contributed by atoms with E-state index in [0.717, 1.165) is 0 Å². The van der Waals surface area contributed by atoms with E-state index in [1.54, 1.807) is 34.6 Å². The first-order valence-corrected chi connectivity index (χ1v) is 8.75. The second-order valence-electron chi connectivity index (χ2n) is 5.92. The average molecular weight is 359 g/mol. The second-order valence-corrected chi connectivity index (χ2v) is 5.92. The van der Waals surface area contributed by atoms with Crippen molar-refractivity contribution in [1.29, 1.82) is 0 Å². The number of hydrogen-bond donors (Lipinski definition) is 1. The summed E-state index contributed by atoms with van der Waals surface area (Å²) >= 11 is 0. The first-order valence-electron chi connectivity index (χ1n) is 8.75. The third kappa shape index (κ3) is 4.49. The minimum atomic E-state index is -1.94. The van der Waals surface area contributed by atoms with Gasteiger partial charge in [0.1, 0.15) is 6.04 Å². The highest BCUT2D eigenvalue weighted by Gasteiger charge is 2.65. The van der Waals surface area contributed by atoms with Gasteiger partial charge < -0.3 is 24.3 Å². The zero-order chi connectivity index (χ0) is 19.0. The molecule has 0 amide bonds. The Labute approximate surface area is 148 Å². The summed E-state index contributed by atoms with van der Waals surface area (Å²) in [6.07, 6.45) is -0.887. The molecule has 0 aromatic carbocycles. The number of piperidine rings is 1. The summed E-state index contributed by atoms with van der Waals surface area (Å²) in [4.78, 5) is 38.4. The molecule has 2 atom stereocenters. The van der Waals surface area contributed by atoms with Crippen molar-refractivity contribution in [3.63, 3.8) is 0 Å². The Morgan fingerprint density at radius 2 is 1.60 bits per heavy atom. The van der Waals surface area contributed by atoms with Crippen LogP contribution in [0.2, 0.25) is 0 Å². The molecule has 25 heavy (non-hydrogen) atoms. The molecular formula is C17H29NO7. The molecule has 0 aliphatic carbocycles. The molecule has 0 bridgehead atoms. The molecule has 1 N–H and O–H groups in total. The highest BCUT2D eigenvalue weighted by atomic mass is 16.6. The van der Waals surface area contributed by atoms with Crippen LogP contribution in [0.1, 0.15) is 41.0 Å². The first kappa shape index (κ1) is 21.4. The van der Waals surface area contributed by atoms with Crippen LogP contribution in [0.3, 0.4) is 0 Å². The average Bonchev–Trinajstić information content (AvgIpc) is 2.54. The van der Waals surface area contributed by atoms with E-state index in [4.69, 9.17) is 18.9 Å². The van der Waals surface area contributed by atoms with Gasteiger partial charge in [-0.3, -0.25) is 14.4 Å². The largest absolute Gasteiger partial charge is 0.465 e. The Morgan fingerprint density at radius 3 is 2.04 bits per heavy atom. The molecule has 1 saturated heterocycles. The lowest BCUT2D eigenvalue weighted by Gasteiger charge is -2.44. The zero-order valence-electron chi connectivity index (χ0n) is 15.6. The van der Waals surface area contributed by atoms with Crippen LogP contribution in [0.5, 0.6) is 0 Å². The van der Waals surface area contributed by atoms with Gasteiger partial charge >= 0.3 is 17.9 Å². The maximum atomic E-state index is 12.9. The van der Waals surface area contributed by atoms with Crippen molar-refractivity contribution in [2.24, 2.45) is 5.41 Å². The molecule has 0 saturated carbocycles. The summed E-state index contributed by atoms with van der Waals surface area (Å²) in [7, 11) is 0. The summed E-state index contributed by atoms with van der Waals surface area (Å²) in [5.41, 5.74) is -1.94. The van der Waals surface area contributed by atoms with Crippen LogP contribution < -0.4 is 5.32 Å². The third-order valence-corrected chi connectivity index (χ3v) is 3.90. The summed E-state index contributed by atoms with van der Waals surface area (Å²) < 4.78 is 21.2. The standard InChI is InChI=1S/C17H29NO7/c1-6-22-12-9-10-18-13(14(19)25-11(4)5)17(12,15(20)23-7-2)16(21)24-8-3/h11-13,18H,6-10H2,1-5H3/t12-,13+/m0/s1. The van der Waals surface area contributed by atoms with Gasteiger partial charge in [0.2, 0.25) is 5.41 Å². The molecule has 0 spiro atoms. The van der Waals surface area contributed by atoms with Gasteiger partial charge in [0, 0.05) is 6.61 Å². The zero-order valence-corrected chi connectivity index (χ0v) is 15.6. The van der Waals surface area contributed by atoms with E-state index in [0.29, 0.717) is 13.0 Å². The fraction of sp³-hybridized carbons (Fsp3) is 0.824. The van der Waals surface area contributed by atoms with Crippen LogP contribution in [-0.2, 0) is 33.3 Å². The number of hydrogen-bond acceptors (Lipinski definition) is 8. The lowest BCUT2D eigenvalue weighted by Crippen LogP contribution is -2.69. The smallest absolute Gasteiger partial charge is 0.328 e. The molecule has 8 nitrogen and oxygen atoms in total. The van der Waals surface area contributed by atoms with Crippen molar-refractivity contribution in [3.05, 3.63) is 0 Å². The molecular weight excluding hydrogens is 330 g/mol. The van der Waals surface area contributed by atoms with Crippen LogP contribution in [0.15, 0.2) is 0 Å². The van der Waals surface area contributed by atoms with Crippen molar-refractivity contribution in [2.75, 3.05) is 26.4 Å². The van der Waals surface area contributed by atoms with Gasteiger partial charge in [0.05, 0.1) is 25.4 Å². The topological polar surface area (TPSA) is 100 Å². The van der Waals surface area contributed by atoms with E-state index >= 15 is 0 Å². The summed E-state index contributed by atoms with van der Waals surface area (Å²) in [5.74, 6) is -2.39. The minimum Gasteiger partial charge on any atom is -0.465 e. The van der Waals surface area contributed by atoms with Crippen LogP contribution >= 0.6 is 0 Å². The molecule has 1 aliphatic heterocycles. The van der Waals surface area contributed by atoms with Crippen molar-refractivity contribution in [1.82, 2.24) is 5.32 Å². The van der Waals surface area contributed by atoms with Gasteiger partial charge in [-0.15, -0.1) is 0 Å². The Bertz CT molecular complexity index is 458. The number of carbonyl (C=O) groups is 3. The number of rotatable bonds is 8. The number of ether oxygens (including phenoxy) is 4. The predicted octanol–water partition coefficient (Wildman–Crippen LogP) is 0.818. The van der Waals surface area contributed by atoms with Crippen LogP contribution in [-0.4, -0.2) is 62.5 Å². The Kier molecular flexibility index (Phi) is 8.31. The Balaban J connectivity index is 3.44. The summed E-state index contributed by atoms with van der Waals surface area (Å²) in [5, 5.41) is 2.93. The molecule has 1 fully saturated rings. The summed E-state index contributed by atoms with van der Waals surface area (Å²) in [6.45, 7) is 9.18. The fourth-order valence-electron chi connectivity index (χ4n) is 3.00. The molecule has 0 unspecified atom stereocenters. The van der Waals surface area contributed by atoms with Crippen molar-refractivity contribution in [2.45, 2.75) is 59.3 Å². The molecule has 0 radical (unpaired) electrons. The second kappa shape index (κ2) is 9.72. The maximum absolute atomic E-state index is 12.9. The van der Waals surface area contributed by atoms with Crippen molar-refractivity contribution in [3.8, 4) is 0 Å². The number of esters is 3. The van der Waals surface area contributed by atoms with Gasteiger partial charge in [-0.25, -0.2) is 0 Å². The fourth-order valence-corrected chi connectivity index (χ4v) is 3.00. The lowest BCUT2D eigenvalue weighted by molar-refractivity contribution is -0.198. The molecule has 144 valence electrons. The Morgan fingerprint density at radius 1 is 1.04 bits per heavy atom. The SMILES string of the molecule is CCOC(=O)C1(C(=O)OCC)[C@@H](OCC)CCN[C@@H]1C(=O)OC(C)C. The molecule has 1 rings (SSSR count). The van der Waals surface area contributed by atoms with E-state index in [1.807, 2.05) is 0 Å². The first-order chi connectivity index (χ1) is 11.9. The quantitative estimate of drug-likeness (QED) is 0.386. The monoisotopic (exact) mass is 359 g/mol. The molecule has 1 heterocycles. The van der Waals surface area contributed by atoms with E-state index in [1.165, 1.54) is 0 Å². The van der Waals surface area contributed by atoms with Gasteiger partial charge in [0.25, 0.3) is 0 Å². The van der Waals surface area contributed by atoms with Crippen LogP contribution in [0.4, 0.5) is 0 Å². The molecule has 1 aliphatic rings. The summed E-state index contributed by atoms with van der Waals surface area (Å²) in [6, 6.07) is -1.24. The van der Waals surface area contributed by atoms with E-state index < -0.39 is 41.6 Å². The van der Waals surface area contributed by atoms with Crippen molar-refractivity contribution < 1.29 is 33.3 Å². The Hall–Kier alpha value is -1.67. The van der Waals surface area contributed by atoms with Crippen molar-refractivity contribution >= 4 is 17.9 Å². The third-order valence-electron chi connectivity index (χ3n) is 3.90. The molecule has 0 aromatic heterocycles. The van der Waals surface area contributed by atoms with Gasteiger partial charge in [-0.2, -0.15) is 0 Å². The van der Waals surface area contributed by atoms with E-state index in [2.05, 4.69) is 5.32 Å². The van der Waals surface area contributed by atoms with E-state index in [-0.39, 0.29) is 19.8 Å².